The normalized spacial score (nSPS) is 11.7. The van der Waals surface area contributed by atoms with Crippen molar-refractivity contribution in [3.8, 4) is 67.1 Å². The predicted octanol–water partition coefficient (Wildman–Crippen LogP) is 17.1. The molecule has 1 aliphatic rings. The average molecular weight is 796 g/mol. The van der Waals surface area contributed by atoms with Crippen LogP contribution in [-0.2, 0) is 0 Å². The van der Waals surface area contributed by atoms with Gasteiger partial charge in [0.25, 0.3) is 0 Å². The summed E-state index contributed by atoms with van der Waals surface area (Å²) in [6.07, 6.45) is 0. The molecule has 11 aromatic rings. The second-order valence-electron chi connectivity index (χ2n) is 15.7. The molecule has 61 heavy (non-hydrogen) atoms. The van der Waals surface area contributed by atoms with E-state index in [9.17, 15) is 0 Å². The molecule has 0 N–H and O–H groups in total. The molecule has 0 unspecified atom stereocenters. The molecule has 1 aliphatic heterocycles. The number of ether oxygens (including phenoxy) is 1. The van der Waals surface area contributed by atoms with E-state index in [-0.39, 0.29) is 0 Å². The molecule has 0 amide bonds. The number of hydrogen-bond acceptors (Lipinski definition) is 3. The molecule has 0 bridgehead atoms. The van der Waals surface area contributed by atoms with Gasteiger partial charge in [0.15, 0.2) is 5.75 Å². The first-order chi connectivity index (χ1) is 30.2. The highest BCUT2D eigenvalue weighted by Gasteiger charge is 2.27. The lowest BCUT2D eigenvalue weighted by atomic mass is 9.90. The third kappa shape index (κ3) is 6.09. The Morgan fingerprint density at radius 3 is 1.61 bits per heavy atom. The van der Waals surface area contributed by atoms with Crippen LogP contribution in [0.5, 0.6) is 11.5 Å². The Labute approximate surface area is 358 Å². The molecule has 2 heterocycles. The first-order valence-corrected chi connectivity index (χ1v) is 21.6. The highest BCUT2D eigenvalue weighted by molar-refractivity contribution is 7.26. The fourth-order valence-electron chi connectivity index (χ4n) is 9.08. The number of hydrogen-bond donors (Lipinski definition) is 0. The van der Waals surface area contributed by atoms with Gasteiger partial charge in [0, 0.05) is 42.7 Å². The number of benzene rings is 10. The minimum absolute atomic E-state index is 0.814. The summed E-state index contributed by atoms with van der Waals surface area (Å²) >= 11 is 1.87. The van der Waals surface area contributed by atoms with E-state index in [2.05, 4.69) is 229 Å². The Morgan fingerprint density at radius 2 is 0.885 bits per heavy atom. The van der Waals surface area contributed by atoms with Gasteiger partial charge in [-0.3, -0.25) is 0 Å². The van der Waals surface area contributed by atoms with Gasteiger partial charge in [-0.1, -0.05) is 164 Å². The predicted molar refractivity (Wildman–Crippen MR) is 259 cm³/mol. The smallest absolute Gasteiger partial charge is 0.159 e. The lowest BCUT2D eigenvalue weighted by molar-refractivity contribution is 0.489. The Balaban J connectivity index is 1.06. The van der Waals surface area contributed by atoms with Crippen molar-refractivity contribution in [3.05, 3.63) is 224 Å². The highest BCUT2D eigenvalue weighted by Crippen LogP contribution is 2.54. The maximum Gasteiger partial charge on any atom is 0.159 e. The van der Waals surface area contributed by atoms with Gasteiger partial charge in [-0.15, -0.1) is 11.3 Å². The number of nitrogens with zero attached hydrogens (tertiary/aromatic N) is 1. The molecule has 0 saturated carbocycles. The summed E-state index contributed by atoms with van der Waals surface area (Å²) in [4.78, 5) is 2.35. The molecule has 0 aliphatic carbocycles. The molecular formula is C58H37NOS. The van der Waals surface area contributed by atoms with Gasteiger partial charge in [-0.05, 0) is 116 Å². The van der Waals surface area contributed by atoms with Crippen LogP contribution in [0.2, 0.25) is 0 Å². The van der Waals surface area contributed by atoms with Crippen LogP contribution < -0.4 is 9.64 Å². The monoisotopic (exact) mass is 795 g/mol. The zero-order valence-electron chi connectivity index (χ0n) is 33.1. The van der Waals surface area contributed by atoms with E-state index in [1.165, 1.54) is 53.2 Å². The van der Waals surface area contributed by atoms with Crippen LogP contribution in [0.15, 0.2) is 224 Å². The van der Waals surface area contributed by atoms with Crippen molar-refractivity contribution in [2.75, 3.05) is 4.90 Å². The summed E-state index contributed by atoms with van der Waals surface area (Å²) in [7, 11) is 0. The van der Waals surface area contributed by atoms with Gasteiger partial charge in [-0.2, -0.15) is 0 Å². The van der Waals surface area contributed by atoms with Gasteiger partial charge in [0.2, 0.25) is 0 Å². The summed E-state index contributed by atoms with van der Waals surface area (Å²) in [5.41, 5.74) is 14.5. The van der Waals surface area contributed by atoms with Gasteiger partial charge in [0.05, 0.1) is 5.69 Å². The van der Waals surface area contributed by atoms with Crippen LogP contribution in [0.3, 0.4) is 0 Å². The van der Waals surface area contributed by atoms with Gasteiger partial charge >= 0.3 is 0 Å². The van der Waals surface area contributed by atoms with Crippen LogP contribution in [-0.4, -0.2) is 0 Å². The summed E-state index contributed by atoms with van der Waals surface area (Å²) < 4.78 is 9.97. The third-order valence-electron chi connectivity index (χ3n) is 12.1. The number of para-hydroxylation sites is 1. The summed E-state index contributed by atoms with van der Waals surface area (Å²) in [6, 6.07) is 81.0. The van der Waals surface area contributed by atoms with Crippen molar-refractivity contribution < 1.29 is 4.74 Å². The Bertz CT molecular complexity index is 3420. The van der Waals surface area contributed by atoms with E-state index in [0.717, 1.165) is 61.9 Å². The standard InChI is InChI=1S/C58H37NOS/c1-3-13-38(14-4-1)40-25-30-45(31-26-40)59(46-32-27-41(28-33-46)47-20-11-22-51-49-19-9-10-24-56(49)61-58(47)51)54-23-12-21-50-53-36-43-18-8-7-17-42(43)35-52(53)48-34-29-44(37-55(48)60-57(50)54)39-15-5-2-6-16-39/h1-37H. The zero-order valence-corrected chi connectivity index (χ0v) is 33.9. The SMILES string of the molecule is c1ccc(-c2ccc(N(c3ccc(-c4cccc5c4sc4ccccc45)cc3)c3cccc4c3Oc3cc(-c5ccccc5)ccc3-c3cc5ccccc5cc3-4)cc2)cc1. The maximum absolute atomic E-state index is 7.35. The first kappa shape index (κ1) is 35.2. The van der Waals surface area contributed by atoms with Crippen molar-refractivity contribution in [2.45, 2.75) is 0 Å². The van der Waals surface area contributed by atoms with Crippen molar-refractivity contribution in [1.29, 1.82) is 0 Å². The van der Waals surface area contributed by atoms with E-state index < -0.39 is 0 Å². The summed E-state index contributed by atoms with van der Waals surface area (Å²) in [6.45, 7) is 0. The van der Waals surface area contributed by atoms with Crippen LogP contribution in [0.4, 0.5) is 17.1 Å². The molecule has 12 rings (SSSR count). The fraction of sp³-hybridized carbons (Fsp3) is 0. The Morgan fingerprint density at radius 1 is 0.344 bits per heavy atom. The largest absolute Gasteiger partial charge is 0.454 e. The minimum Gasteiger partial charge on any atom is -0.454 e. The zero-order chi connectivity index (χ0) is 40.3. The molecule has 0 atom stereocenters. The quantitative estimate of drug-likeness (QED) is 0.166. The molecule has 3 heteroatoms. The molecule has 0 saturated heterocycles. The maximum atomic E-state index is 7.35. The lowest BCUT2D eigenvalue weighted by Gasteiger charge is -2.28. The summed E-state index contributed by atoms with van der Waals surface area (Å²) in [5, 5.41) is 5.00. The van der Waals surface area contributed by atoms with Gasteiger partial charge in [0.1, 0.15) is 5.75 Å². The molecule has 0 spiro atoms. The lowest BCUT2D eigenvalue weighted by Crippen LogP contribution is -2.11. The van der Waals surface area contributed by atoms with E-state index in [0.29, 0.717) is 0 Å². The highest BCUT2D eigenvalue weighted by atomic mass is 32.1. The van der Waals surface area contributed by atoms with E-state index >= 15 is 0 Å². The van der Waals surface area contributed by atoms with Crippen molar-refractivity contribution in [3.63, 3.8) is 0 Å². The minimum atomic E-state index is 0.814. The second-order valence-corrected chi connectivity index (χ2v) is 16.7. The number of fused-ring (bicyclic) bond motifs is 9. The van der Waals surface area contributed by atoms with E-state index in [1.54, 1.807) is 0 Å². The van der Waals surface area contributed by atoms with E-state index in [4.69, 9.17) is 4.74 Å². The number of rotatable bonds is 6. The summed E-state index contributed by atoms with van der Waals surface area (Å²) in [5.74, 6) is 1.64. The molecule has 286 valence electrons. The first-order valence-electron chi connectivity index (χ1n) is 20.7. The van der Waals surface area contributed by atoms with Crippen LogP contribution in [0.25, 0.3) is 86.6 Å². The fourth-order valence-corrected chi connectivity index (χ4v) is 10.3. The Hall–Kier alpha value is -7.72. The topological polar surface area (TPSA) is 12.5 Å². The van der Waals surface area contributed by atoms with Gasteiger partial charge in [-0.25, -0.2) is 0 Å². The molecule has 1 aromatic heterocycles. The molecular weight excluding hydrogens is 759 g/mol. The van der Waals surface area contributed by atoms with Crippen molar-refractivity contribution in [2.24, 2.45) is 0 Å². The Kier molecular flexibility index (Phi) is 8.39. The van der Waals surface area contributed by atoms with Crippen molar-refractivity contribution >= 4 is 59.3 Å². The van der Waals surface area contributed by atoms with E-state index in [1.807, 2.05) is 11.3 Å². The third-order valence-corrected chi connectivity index (χ3v) is 13.3. The molecule has 0 fully saturated rings. The number of anilines is 3. The average Bonchev–Trinajstić information content (AvgIpc) is 3.65. The second kappa shape index (κ2) is 14.5. The van der Waals surface area contributed by atoms with Crippen LogP contribution in [0.1, 0.15) is 0 Å². The van der Waals surface area contributed by atoms with Crippen LogP contribution in [0, 0.1) is 0 Å². The van der Waals surface area contributed by atoms with Gasteiger partial charge < -0.3 is 9.64 Å². The number of thiophene rings is 1. The molecule has 2 nitrogen and oxygen atoms in total. The van der Waals surface area contributed by atoms with Crippen molar-refractivity contribution in [1.82, 2.24) is 0 Å². The molecule has 10 aromatic carbocycles. The molecule has 0 radical (unpaired) electrons. The van der Waals surface area contributed by atoms with Crippen LogP contribution >= 0.6 is 11.3 Å².